The molecule has 0 N–H and O–H groups in total. The van der Waals surface area contributed by atoms with Crippen LogP contribution in [0.3, 0.4) is 0 Å². The number of carbonyl (C=O) groups excluding carboxylic acids is 1. The second-order valence-electron chi connectivity index (χ2n) is 2.79. The number of ether oxygens (including phenoxy) is 2. The highest BCUT2D eigenvalue weighted by molar-refractivity contribution is 6.28. The van der Waals surface area contributed by atoms with Crippen LogP contribution >= 0.6 is 11.6 Å². The van der Waals surface area contributed by atoms with E-state index in [1.165, 1.54) is 0 Å². The smallest absolute Gasteiger partial charge is 0.434 e. The molecule has 1 aromatic rings. The van der Waals surface area contributed by atoms with Crippen molar-refractivity contribution in [2.75, 3.05) is 6.61 Å². The van der Waals surface area contributed by atoms with E-state index in [1.807, 2.05) is 30.3 Å². The van der Waals surface area contributed by atoms with Gasteiger partial charge in [-0.05, 0) is 23.7 Å². The van der Waals surface area contributed by atoms with Crippen molar-refractivity contribution in [3.05, 3.63) is 47.7 Å². The van der Waals surface area contributed by atoms with Crippen LogP contribution < -0.4 is 0 Å². The van der Waals surface area contributed by atoms with Crippen LogP contribution in [-0.4, -0.2) is 12.8 Å². The minimum absolute atomic E-state index is 0.195. The zero-order chi connectivity index (χ0) is 11.1. The van der Waals surface area contributed by atoms with Gasteiger partial charge in [0.1, 0.15) is 0 Å². The largest absolute Gasteiger partial charge is 0.514 e. The van der Waals surface area contributed by atoms with Crippen molar-refractivity contribution < 1.29 is 14.3 Å². The molecule has 0 bridgehead atoms. The highest BCUT2D eigenvalue weighted by Crippen LogP contribution is 2.03. The molecule has 0 aromatic heterocycles. The van der Waals surface area contributed by atoms with Crippen molar-refractivity contribution in [1.82, 2.24) is 0 Å². The van der Waals surface area contributed by atoms with Crippen molar-refractivity contribution in [1.29, 1.82) is 0 Å². The van der Waals surface area contributed by atoms with Gasteiger partial charge in [-0.1, -0.05) is 30.3 Å². The average Bonchev–Trinajstić information content (AvgIpc) is 2.18. The first-order chi connectivity index (χ1) is 7.18. The van der Waals surface area contributed by atoms with Crippen molar-refractivity contribution >= 4 is 17.8 Å². The van der Waals surface area contributed by atoms with Crippen LogP contribution in [0.5, 0.6) is 0 Å². The fourth-order valence-electron chi connectivity index (χ4n) is 1.02. The van der Waals surface area contributed by atoms with Crippen molar-refractivity contribution in [3.8, 4) is 0 Å². The Labute approximate surface area is 93.3 Å². The first-order valence-corrected chi connectivity index (χ1v) is 4.79. The Kier molecular flexibility index (Phi) is 4.71. The normalized spacial score (nSPS) is 9.40. The molecule has 3 nitrogen and oxygen atoms in total. The Bertz CT molecular complexity index is 335. The number of halogens is 1. The summed E-state index contributed by atoms with van der Waals surface area (Å²) in [4.78, 5) is 10.9. The fraction of sp³-hybridized carbons (Fsp3) is 0.182. The number of benzene rings is 1. The van der Waals surface area contributed by atoms with Crippen LogP contribution in [0.1, 0.15) is 5.56 Å². The average molecular weight is 227 g/mol. The molecule has 4 heteroatoms. The molecule has 0 heterocycles. The van der Waals surface area contributed by atoms with Crippen LogP contribution in [0.25, 0.3) is 0 Å². The van der Waals surface area contributed by atoms with Gasteiger partial charge >= 0.3 is 6.16 Å². The fourth-order valence-corrected chi connectivity index (χ4v) is 1.08. The van der Waals surface area contributed by atoms with E-state index < -0.39 is 6.16 Å². The van der Waals surface area contributed by atoms with Crippen LogP contribution in [0, 0.1) is 0 Å². The summed E-state index contributed by atoms with van der Waals surface area (Å²) in [5.74, 6) is 0. The standard InChI is InChI=1S/C11H11ClO3/c1-9(12)15-11(13)14-8-7-10-5-3-2-4-6-10/h2-6H,1,7-8H2. The maximum atomic E-state index is 10.9. The molecule has 80 valence electrons. The molecule has 1 rings (SSSR count). The predicted molar refractivity (Wildman–Crippen MR) is 57.6 cm³/mol. The summed E-state index contributed by atoms with van der Waals surface area (Å²) >= 11 is 5.25. The summed E-state index contributed by atoms with van der Waals surface area (Å²) in [5.41, 5.74) is 1.09. The minimum Gasteiger partial charge on any atom is -0.434 e. The summed E-state index contributed by atoms with van der Waals surface area (Å²) < 4.78 is 9.15. The third-order valence-electron chi connectivity index (χ3n) is 1.65. The van der Waals surface area contributed by atoms with E-state index in [0.717, 1.165) is 5.56 Å². The molecule has 0 unspecified atom stereocenters. The molecule has 0 aliphatic carbocycles. The molecule has 0 amide bonds. The molecule has 15 heavy (non-hydrogen) atoms. The van der Waals surface area contributed by atoms with Crippen LogP contribution in [0.2, 0.25) is 0 Å². The summed E-state index contributed by atoms with van der Waals surface area (Å²) in [6.07, 6.45) is -0.184. The Morgan fingerprint density at radius 3 is 2.60 bits per heavy atom. The monoisotopic (exact) mass is 226 g/mol. The third-order valence-corrected chi connectivity index (χ3v) is 1.72. The molecular formula is C11H11ClO3. The first-order valence-electron chi connectivity index (χ1n) is 4.41. The van der Waals surface area contributed by atoms with Gasteiger partial charge < -0.3 is 9.47 Å². The van der Waals surface area contributed by atoms with Crippen LogP contribution in [-0.2, 0) is 15.9 Å². The summed E-state index contributed by atoms with van der Waals surface area (Å²) in [6, 6.07) is 9.68. The Morgan fingerprint density at radius 1 is 1.33 bits per heavy atom. The van der Waals surface area contributed by atoms with Crippen molar-refractivity contribution in [2.45, 2.75) is 6.42 Å². The molecule has 0 saturated carbocycles. The van der Waals surface area contributed by atoms with Crippen LogP contribution in [0.4, 0.5) is 4.79 Å². The molecule has 0 atom stereocenters. The van der Waals surface area contributed by atoms with Gasteiger partial charge in [-0.3, -0.25) is 0 Å². The van der Waals surface area contributed by atoms with Gasteiger partial charge in [0.25, 0.3) is 0 Å². The molecule has 0 saturated heterocycles. The van der Waals surface area contributed by atoms with E-state index in [-0.39, 0.29) is 11.8 Å². The lowest BCUT2D eigenvalue weighted by Gasteiger charge is -2.04. The van der Waals surface area contributed by atoms with E-state index in [2.05, 4.69) is 11.3 Å². The molecule has 1 aromatic carbocycles. The summed E-state index contributed by atoms with van der Waals surface area (Å²) in [7, 11) is 0. The third kappa shape index (κ3) is 5.08. The lowest BCUT2D eigenvalue weighted by atomic mass is 10.2. The highest BCUT2D eigenvalue weighted by atomic mass is 35.5. The highest BCUT2D eigenvalue weighted by Gasteiger charge is 2.04. The SMILES string of the molecule is C=C(Cl)OC(=O)OCCc1ccccc1. The lowest BCUT2D eigenvalue weighted by molar-refractivity contribution is 0.0832. The summed E-state index contributed by atoms with van der Waals surface area (Å²) in [5, 5.41) is -0.195. The van der Waals surface area contributed by atoms with E-state index in [4.69, 9.17) is 16.3 Å². The second kappa shape index (κ2) is 6.09. The van der Waals surface area contributed by atoms with E-state index in [9.17, 15) is 4.79 Å². The molecule has 0 fully saturated rings. The van der Waals surface area contributed by atoms with Gasteiger partial charge in [0.05, 0.1) is 6.61 Å². The van der Waals surface area contributed by atoms with Gasteiger partial charge in [0.15, 0.2) is 5.22 Å². The topological polar surface area (TPSA) is 35.5 Å². The van der Waals surface area contributed by atoms with Crippen molar-refractivity contribution in [2.24, 2.45) is 0 Å². The number of carbonyl (C=O) groups is 1. The zero-order valence-electron chi connectivity index (χ0n) is 8.11. The molecule has 0 aliphatic heterocycles. The Morgan fingerprint density at radius 2 is 2.00 bits per heavy atom. The Hall–Kier alpha value is -1.48. The molecular weight excluding hydrogens is 216 g/mol. The minimum atomic E-state index is -0.828. The number of hydrogen-bond donors (Lipinski definition) is 0. The van der Waals surface area contributed by atoms with Gasteiger partial charge in [-0.25, -0.2) is 4.79 Å². The van der Waals surface area contributed by atoms with E-state index in [0.29, 0.717) is 6.42 Å². The van der Waals surface area contributed by atoms with Gasteiger partial charge in [-0.2, -0.15) is 0 Å². The number of hydrogen-bond acceptors (Lipinski definition) is 3. The summed E-state index contributed by atoms with van der Waals surface area (Å²) in [6.45, 7) is 3.46. The molecule has 0 spiro atoms. The quantitative estimate of drug-likeness (QED) is 0.585. The number of rotatable bonds is 4. The first kappa shape index (κ1) is 11.6. The Balaban J connectivity index is 2.22. The molecule has 0 radical (unpaired) electrons. The van der Waals surface area contributed by atoms with Crippen molar-refractivity contribution in [3.63, 3.8) is 0 Å². The van der Waals surface area contributed by atoms with E-state index >= 15 is 0 Å². The maximum absolute atomic E-state index is 10.9. The van der Waals surface area contributed by atoms with Crippen LogP contribution in [0.15, 0.2) is 42.1 Å². The second-order valence-corrected chi connectivity index (χ2v) is 3.21. The molecule has 0 aliphatic rings. The van der Waals surface area contributed by atoms with Gasteiger partial charge in [0.2, 0.25) is 0 Å². The zero-order valence-corrected chi connectivity index (χ0v) is 8.87. The van der Waals surface area contributed by atoms with E-state index in [1.54, 1.807) is 0 Å². The maximum Gasteiger partial charge on any atom is 0.514 e. The van der Waals surface area contributed by atoms with Gasteiger partial charge in [-0.15, -0.1) is 0 Å². The van der Waals surface area contributed by atoms with Gasteiger partial charge in [0, 0.05) is 6.42 Å². The predicted octanol–water partition coefficient (Wildman–Crippen LogP) is 3.09. The lowest BCUT2D eigenvalue weighted by Crippen LogP contribution is -2.08.